The molecular weight excluding hydrogens is 953 g/mol. The molecular formula is C39H50BF2N13O10P2S. The molecule has 4 aromatic heterocycles. The first-order valence-corrected chi connectivity index (χ1v) is 26.4. The van der Waals surface area contributed by atoms with Crippen LogP contribution in [-0.4, -0.2) is 126 Å². The fourth-order valence-electron chi connectivity index (χ4n) is 7.73. The van der Waals surface area contributed by atoms with Crippen LogP contribution in [0.3, 0.4) is 0 Å². The maximum atomic E-state index is 16.9. The number of carbonyl (C=O) groups excluding carboxylic acids is 3. The second kappa shape index (κ2) is 20.9. The Morgan fingerprint density at radius 3 is 2.04 bits per heavy atom. The van der Waals surface area contributed by atoms with Gasteiger partial charge in [-0.15, -0.1) is 0 Å². The Kier molecular flexibility index (Phi) is 15.2. The number of carbonyl (C=O) groups is 3. The number of halogens is 2. The number of amides is 3. The number of fused-ring (bicyclic) bond motifs is 4. The van der Waals surface area contributed by atoms with Crippen LogP contribution in [0.25, 0.3) is 22.3 Å². The van der Waals surface area contributed by atoms with Gasteiger partial charge in [0.1, 0.15) is 68.4 Å². The number of hydrogen-bond acceptors (Lipinski definition) is 19. The van der Waals surface area contributed by atoms with Gasteiger partial charge in [0.05, 0.1) is 25.9 Å². The van der Waals surface area contributed by atoms with Gasteiger partial charge in [0.2, 0.25) is 25.3 Å². The first-order valence-electron chi connectivity index (χ1n) is 21.6. The summed E-state index contributed by atoms with van der Waals surface area (Å²) in [6, 6.07) is 4.74. The molecule has 3 fully saturated rings. The maximum Gasteiger partial charge on any atom is 0.389 e. The summed E-state index contributed by atoms with van der Waals surface area (Å²) in [5.74, 6) is -1.36. The van der Waals surface area contributed by atoms with Gasteiger partial charge in [-0.1, -0.05) is 32.9 Å². The van der Waals surface area contributed by atoms with E-state index in [-0.39, 0.29) is 64.6 Å². The zero-order valence-electron chi connectivity index (χ0n) is 37.4. The third-order valence-corrected chi connectivity index (χ3v) is 16.0. The van der Waals surface area contributed by atoms with Crippen molar-refractivity contribution in [3.8, 4) is 0 Å². The van der Waals surface area contributed by atoms with Gasteiger partial charge in [-0.3, -0.25) is 32.6 Å². The van der Waals surface area contributed by atoms with Gasteiger partial charge in [0.25, 0.3) is 0 Å². The van der Waals surface area contributed by atoms with Crippen LogP contribution in [0, 0.1) is 5.92 Å². The molecule has 29 heteroatoms. The fourth-order valence-corrected chi connectivity index (χ4v) is 12.1. The van der Waals surface area contributed by atoms with Gasteiger partial charge in [-0.25, -0.2) is 43.2 Å². The quantitative estimate of drug-likeness (QED) is 0.0834. The number of ether oxygens (including phenoxy) is 2. The van der Waals surface area contributed by atoms with Gasteiger partial charge in [0, 0.05) is 17.9 Å². The summed E-state index contributed by atoms with van der Waals surface area (Å²) >= 11 is 0.734. The van der Waals surface area contributed by atoms with E-state index in [1.807, 2.05) is 6.92 Å². The highest BCUT2D eigenvalue weighted by molar-refractivity contribution is 8.54. The SMILES string of the molecule is BP1OC[C@H]2O[C@@H](n3cnc4c(N)ncnc43)[C@H](F)[C@@H]2OP(=O)(SCc2ccc(NC(=O)[C@H](C)NC(=O)C(NC(=O)CCC)C(C)C)cc2)OC[C@H]2O[C@@H](n3cnc4c(N)ncnc43)[C@H](F)[C@@H]2O1. The number of rotatable bonds is 13. The molecule has 0 spiro atoms. The Morgan fingerprint density at radius 2 is 1.46 bits per heavy atom. The van der Waals surface area contributed by atoms with Gasteiger partial charge in [0.15, 0.2) is 47.7 Å². The standard InChI is InChI=1S/C39H50BF2N13O10P2S/c1-5-6-24(56)53-27(18(2)3)37(58)51-19(4)36(57)52-21-9-7-20(8-10-21)13-68-67(59)61-12-23-30(25(41)38(63-23)54-16-49-28-32(43)45-14-47-34(28)54)64-66(40)60-11-22-31(65-67)26(42)39(62-22)55-17-50-29-33(44)46-15-48-35(29)55/h7-10,14-19,22-23,25-27,30-31,38-39H,5-6,11-13,40H2,1-4H3,(H,51,58)(H,52,57)(H,53,56)(H2,43,45,47)(H2,44,46,48)/t19-,22+,23+,25+,26+,27?,30+,31+,38+,39+,66?,67?/m0/s1. The van der Waals surface area contributed by atoms with E-state index in [1.54, 1.807) is 45.7 Å². The predicted molar refractivity (Wildman–Crippen MR) is 247 cm³/mol. The van der Waals surface area contributed by atoms with E-state index in [2.05, 4.69) is 45.9 Å². The number of nitrogens with zero attached hydrogens (tertiary/aromatic N) is 8. The third kappa shape index (κ3) is 10.6. The monoisotopic (exact) mass is 1000 g/mol. The summed E-state index contributed by atoms with van der Waals surface area (Å²) in [6.45, 7) is 1.62. The lowest BCUT2D eigenvalue weighted by Crippen LogP contribution is -2.53. The van der Waals surface area contributed by atoms with Crippen LogP contribution >= 0.6 is 26.4 Å². The van der Waals surface area contributed by atoms with Crippen molar-refractivity contribution in [1.29, 1.82) is 0 Å². The number of nitrogens with two attached hydrogens (primary N) is 2. The van der Waals surface area contributed by atoms with Crippen LogP contribution < -0.4 is 27.4 Å². The van der Waals surface area contributed by atoms with Crippen LogP contribution in [0.5, 0.6) is 0 Å². The van der Waals surface area contributed by atoms with E-state index in [1.165, 1.54) is 41.4 Å². The number of alkyl halides is 2. The lowest BCUT2D eigenvalue weighted by Gasteiger charge is -2.30. The first-order chi connectivity index (χ1) is 32.5. The van der Waals surface area contributed by atoms with Crippen molar-refractivity contribution < 1.29 is 55.3 Å². The molecule has 0 aliphatic carbocycles. The molecule has 5 aromatic rings. The molecule has 12 atom stereocenters. The van der Waals surface area contributed by atoms with Gasteiger partial charge in [-0.2, -0.15) is 0 Å². The largest absolute Gasteiger partial charge is 0.389 e. The molecule has 1 aromatic carbocycles. The lowest BCUT2D eigenvalue weighted by molar-refractivity contribution is -0.131. The summed E-state index contributed by atoms with van der Waals surface area (Å²) in [5, 5.41) is 8.15. The molecule has 3 aliphatic rings. The number of benzene rings is 1. The molecule has 364 valence electrons. The summed E-state index contributed by atoms with van der Waals surface area (Å²) in [7, 11) is -0.278. The Morgan fingerprint density at radius 1 is 0.868 bits per heavy atom. The normalized spacial score (nSPS) is 28.5. The predicted octanol–water partition coefficient (Wildman–Crippen LogP) is 3.40. The average molecular weight is 1000 g/mol. The van der Waals surface area contributed by atoms with Crippen LogP contribution in [0.1, 0.15) is 58.6 Å². The summed E-state index contributed by atoms with van der Waals surface area (Å²) in [6.07, 6.45) is -5.95. The molecule has 0 bridgehead atoms. The molecule has 3 aliphatic heterocycles. The van der Waals surface area contributed by atoms with Crippen molar-refractivity contribution in [3.63, 3.8) is 0 Å². The van der Waals surface area contributed by atoms with Crippen molar-refractivity contribution in [1.82, 2.24) is 49.7 Å². The Hall–Kier alpha value is -4.98. The third-order valence-electron chi connectivity index (χ3n) is 11.3. The number of imidazole rings is 2. The molecule has 23 nitrogen and oxygen atoms in total. The van der Waals surface area contributed by atoms with Crippen molar-refractivity contribution in [3.05, 3.63) is 55.1 Å². The van der Waals surface area contributed by atoms with E-state index in [0.717, 1.165) is 11.4 Å². The number of aromatic nitrogens is 8. The van der Waals surface area contributed by atoms with Crippen LogP contribution in [0.15, 0.2) is 49.6 Å². The highest BCUT2D eigenvalue weighted by Gasteiger charge is 2.54. The molecule has 0 saturated carbocycles. The van der Waals surface area contributed by atoms with Gasteiger partial charge < -0.3 is 45.9 Å². The minimum Gasteiger partial charge on any atom is -0.382 e. The Labute approximate surface area is 393 Å². The number of nitrogens with one attached hydrogen (secondary N) is 3. The highest BCUT2D eigenvalue weighted by atomic mass is 32.7. The molecule has 7 heterocycles. The summed E-state index contributed by atoms with van der Waals surface area (Å²) in [5.41, 5.74) is 13.8. The summed E-state index contributed by atoms with van der Waals surface area (Å²) < 4.78 is 88.1. The number of anilines is 3. The Bertz CT molecular complexity index is 2680. The highest BCUT2D eigenvalue weighted by Crippen LogP contribution is 2.64. The summed E-state index contributed by atoms with van der Waals surface area (Å²) in [4.78, 5) is 63.2. The Balaban J connectivity index is 1.00. The molecule has 3 unspecified atom stereocenters. The second-order valence-electron chi connectivity index (χ2n) is 16.5. The minimum absolute atomic E-state index is 0.0159. The van der Waals surface area contributed by atoms with Gasteiger partial charge in [-0.05, 0) is 48.3 Å². The molecule has 68 heavy (non-hydrogen) atoms. The molecule has 8 rings (SSSR count). The molecule has 3 amide bonds. The van der Waals surface area contributed by atoms with Gasteiger partial charge >= 0.3 is 6.80 Å². The van der Waals surface area contributed by atoms with E-state index >= 15 is 13.3 Å². The molecule has 7 N–H and O–H groups in total. The second-order valence-corrected chi connectivity index (χ2v) is 21.9. The zero-order valence-corrected chi connectivity index (χ0v) is 40.0. The average Bonchev–Trinajstić information content (AvgIpc) is 4.08. The first kappa shape index (κ1) is 49.4. The molecule has 3 saturated heterocycles. The van der Waals surface area contributed by atoms with Crippen molar-refractivity contribution in [2.24, 2.45) is 5.92 Å². The topological polar surface area (TPSA) is 299 Å². The van der Waals surface area contributed by atoms with Crippen molar-refractivity contribution in [2.45, 2.75) is 108 Å². The molecule has 0 radical (unpaired) electrons. The number of nitrogen functional groups attached to an aromatic ring is 2. The lowest BCUT2D eigenvalue weighted by atomic mass is 10.0. The van der Waals surface area contributed by atoms with Crippen molar-refractivity contribution >= 4 is 91.4 Å². The minimum atomic E-state index is -4.47. The van der Waals surface area contributed by atoms with Crippen LogP contribution in [0.4, 0.5) is 26.1 Å². The zero-order chi connectivity index (χ0) is 48.4. The van der Waals surface area contributed by atoms with Crippen LogP contribution in [0.2, 0.25) is 0 Å². The van der Waals surface area contributed by atoms with Crippen molar-refractivity contribution in [2.75, 3.05) is 30.0 Å². The van der Waals surface area contributed by atoms with E-state index in [0.29, 0.717) is 17.7 Å². The number of hydrogen-bond donors (Lipinski definition) is 5. The van der Waals surface area contributed by atoms with E-state index in [9.17, 15) is 14.4 Å². The van der Waals surface area contributed by atoms with E-state index < -0.39 is 94.8 Å². The van der Waals surface area contributed by atoms with E-state index in [4.69, 9.17) is 39.0 Å². The van der Waals surface area contributed by atoms with Crippen LogP contribution in [-0.2, 0) is 52.3 Å². The smallest absolute Gasteiger partial charge is 0.382 e. The fraction of sp³-hybridized carbons (Fsp3) is 0.513. The maximum absolute atomic E-state index is 16.9.